The van der Waals surface area contributed by atoms with Gasteiger partial charge in [-0.25, -0.2) is 0 Å². The second kappa shape index (κ2) is 4.79. The molecule has 1 aliphatic heterocycles. The molecule has 1 aromatic rings. The van der Waals surface area contributed by atoms with Crippen LogP contribution in [0.4, 0.5) is 0 Å². The summed E-state index contributed by atoms with van der Waals surface area (Å²) in [7, 11) is 0. The molecule has 0 spiro atoms. The van der Waals surface area contributed by atoms with Crippen molar-refractivity contribution in [2.75, 3.05) is 6.54 Å². The summed E-state index contributed by atoms with van der Waals surface area (Å²) in [5.41, 5.74) is 2.00. The maximum Gasteiger partial charge on any atom is 0.150 e. The van der Waals surface area contributed by atoms with E-state index >= 15 is 0 Å². The largest absolute Gasteiger partial charge is 0.298 e. The Morgan fingerprint density at radius 3 is 2.82 bits per heavy atom. The van der Waals surface area contributed by atoms with Crippen molar-refractivity contribution in [1.29, 1.82) is 0 Å². The van der Waals surface area contributed by atoms with Crippen LogP contribution in [0, 0.1) is 0 Å². The predicted molar refractivity (Wildman–Crippen MR) is 70.6 cm³/mol. The van der Waals surface area contributed by atoms with Crippen molar-refractivity contribution in [3.63, 3.8) is 0 Å². The van der Waals surface area contributed by atoms with Gasteiger partial charge in [-0.1, -0.05) is 11.6 Å². The average Bonchev–Trinajstić information content (AvgIpc) is 2.59. The smallest absolute Gasteiger partial charge is 0.150 e. The minimum Gasteiger partial charge on any atom is -0.298 e. The van der Waals surface area contributed by atoms with Crippen LogP contribution < -0.4 is 0 Å². The summed E-state index contributed by atoms with van der Waals surface area (Å²) in [5.74, 6) is 0. The number of benzene rings is 1. The number of hydrogen-bond acceptors (Lipinski definition) is 2. The molecule has 3 heteroatoms. The van der Waals surface area contributed by atoms with E-state index in [9.17, 15) is 4.79 Å². The second-order valence-electron chi connectivity index (χ2n) is 5.30. The van der Waals surface area contributed by atoms with Crippen molar-refractivity contribution < 1.29 is 4.79 Å². The summed E-state index contributed by atoms with van der Waals surface area (Å²) in [4.78, 5) is 13.4. The van der Waals surface area contributed by atoms with E-state index in [2.05, 4.69) is 18.7 Å². The van der Waals surface area contributed by atoms with Crippen molar-refractivity contribution in [2.24, 2.45) is 0 Å². The third kappa shape index (κ3) is 2.70. The van der Waals surface area contributed by atoms with Gasteiger partial charge in [-0.2, -0.15) is 0 Å². The first-order valence-corrected chi connectivity index (χ1v) is 6.39. The number of rotatable bonds is 3. The summed E-state index contributed by atoms with van der Waals surface area (Å²) in [6.07, 6.45) is 3.35. The molecule has 1 aromatic carbocycles. The lowest BCUT2D eigenvalue weighted by Crippen LogP contribution is -2.37. The van der Waals surface area contributed by atoms with Gasteiger partial charge in [0.2, 0.25) is 0 Å². The highest BCUT2D eigenvalue weighted by Gasteiger charge is 2.31. The third-order valence-electron chi connectivity index (χ3n) is 3.67. The van der Waals surface area contributed by atoms with Crippen molar-refractivity contribution in [3.05, 3.63) is 34.3 Å². The molecule has 0 aromatic heterocycles. The Hall–Kier alpha value is -0.860. The fraction of sp³-hybridized carbons (Fsp3) is 0.500. The Kier molecular flexibility index (Phi) is 3.55. The van der Waals surface area contributed by atoms with Crippen LogP contribution in [0.1, 0.15) is 42.6 Å². The average molecular weight is 252 g/mol. The van der Waals surface area contributed by atoms with Gasteiger partial charge in [-0.05, 0) is 57.0 Å². The highest BCUT2D eigenvalue weighted by Crippen LogP contribution is 2.30. The lowest BCUT2D eigenvalue weighted by atomic mass is 10.0. The molecule has 1 heterocycles. The van der Waals surface area contributed by atoms with E-state index in [1.807, 2.05) is 6.07 Å². The number of aldehydes is 1. The summed E-state index contributed by atoms with van der Waals surface area (Å²) in [6, 6.07) is 5.47. The quantitative estimate of drug-likeness (QED) is 0.766. The minimum atomic E-state index is 0.225. The molecule has 0 atom stereocenters. The number of carbonyl (C=O) groups excluding carboxylic acids is 1. The molecular weight excluding hydrogens is 234 g/mol. The fourth-order valence-corrected chi connectivity index (χ4v) is 2.68. The van der Waals surface area contributed by atoms with Gasteiger partial charge in [0, 0.05) is 22.7 Å². The number of carbonyl (C=O) groups is 1. The molecule has 0 aliphatic carbocycles. The molecule has 92 valence electrons. The first-order valence-electron chi connectivity index (χ1n) is 6.01. The van der Waals surface area contributed by atoms with E-state index < -0.39 is 0 Å². The van der Waals surface area contributed by atoms with Crippen LogP contribution in [-0.4, -0.2) is 23.3 Å². The van der Waals surface area contributed by atoms with E-state index in [4.69, 9.17) is 11.6 Å². The van der Waals surface area contributed by atoms with Crippen molar-refractivity contribution >= 4 is 17.9 Å². The molecular formula is C14H18ClNO. The third-order valence-corrected chi connectivity index (χ3v) is 3.90. The Bertz CT molecular complexity index is 428. The lowest BCUT2D eigenvalue weighted by molar-refractivity contribution is 0.111. The minimum absolute atomic E-state index is 0.225. The Morgan fingerprint density at radius 2 is 2.24 bits per heavy atom. The van der Waals surface area contributed by atoms with Crippen molar-refractivity contribution in [3.8, 4) is 0 Å². The zero-order valence-corrected chi connectivity index (χ0v) is 11.1. The van der Waals surface area contributed by atoms with Crippen LogP contribution in [0.25, 0.3) is 0 Å². The summed E-state index contributed by atoms with van der Waals surface area (Å²) in [6.45, 7) is 6.41. The molecule has 1 saturated heterocycles. The number of hydrogen-bond donors (Lipinski definition) is 0. The molecule has 17 heavy (non-hydrogen) atoms. The Balaban J connectivity index is 2.23. The van der Waals surface area contributed by atoms with Gasteiger partial charge in [0.15, 0.2) is 0 Å². The normalized spacial score (nSPS) is 19.5. The van der Waals surface area contributed by atoms with E-state index in [-0.39, 0.29) is 5.54 Å². The van der Waals surface area contributed by atoms with Crippen LogP contribution in [0.3, 0.4) is 0 Å². The van der Waals surface area contributed by atoms with Crippen LogP contribution in [0.2, 0.25) is 5.02 Å². The second-order valence-corrected chi connectivity index (χ2v) is 5.73. The fourth-order valence-electron chi connectivity index (χ4n) is 2.49. The zero-order valence-electron chi connectivity index (χ0n) is 10.4. The number of likely N-dealkylation sites (tertiary alicyclic amines) is 1. The van der Waals surface area contributed by atoms with Crippen molar-refractivity contribution in [1.82, 2.24) is 4.90 Å². The maximum absolute atomic E-state index is 11.0. The van der Waals surface area contributed by atoms with Crippen molar-refractivity contribution in [2.45, 2.75) is 38.8 Å². The first-order chi connectivity index (χ1) is 8.03. The molecule has 2 nitrogen and oxygen atoms in total. The van der Waals surface area contributed by atoms with E-state index in [0.717, 1.165) is 30.5 Å². The summed E-state index contributed by atoms with van der Waals surface area (Å²) < 4.78 is 0. The van der Waals surface area contributed by atoms with Crippen LogP contribution in [0.15, 0.2) is 18.2 Å². The SMILES string of the molecule is CC1(C)CCCN1Cc1cc(Cl)ccc1C=O. The number of halogens is 1. The molecule has 0 N–H and O–H groups in total. The molecule has 0 radical (unpaired) electrons. The maximum atomic E-state index is 11.0. The summed E-state index contributed by atoms with van der Waals surface area (Å²) >= 11 is 6.00. The van der Waals surface area contributed by atoms with Crippen LogP contribution in [0.5, 0.6) is 0 Å². The summed E-state index contributed by atoms with van der Waals surface area (Å²) in [5, 5.41) is 0.697. The van der Waals surface area contributed by atoms with Crippen LogP contribution >= 0.6 is 11.6 Å². The van der Waals surface area contributed by atoms with Gasteiger partial charge in [0.1, 0.15) is 6.29 Å². The Morgan fingerprint density at radius 1 is 1.47 bits per heavy atom. The van der Waals surface area contributed by atoms with Gasteiger partial charge in [-0.3, -0.25) is 9.69 Å². The standard InChI is InChI=1S/C14H18ClNO/c1-14(2)6-3-7-16(14)9-12-8-13(15)5-4-11(12)10-17/h4-5,8,10H,3,6-7,9H2,1-2H3. The molecule has 0 amide bonds. The van der Waals surface area contributed by atoms with Gasteiger partial charge in [0.05, 0.1) is 0 Å². The predicted octanol–water partition coefficient (Wildman–Crippen LogP) is 3.53. The van der Waals surface area contributed by atoms with Gasteiger partial charge >= 0.3 is 0 Å². The van der Waals surface area contributed by atoms with Gasteiger partial charge in [-0.15, -0.1) is 0 Å². The topological polar surface area (TPSA) is 20.3 Å². The molecule has 1 aliphatic rings. The monoisotopic (exact) mass is 251 g/mol. The first kappa shape index (κ1) is 12.6. The van der Waals surface area contributed by atoms with E-state index in [1.165, 1.54) is 12.8 Å². The molecule has 0 bridgehead atoms. The van der Waals surface area contributed by atoms with E-state index in [0.29, 0.717) is 5.02 Å². The van der Waals surface area contributed by atoms with Crippen LogP contribution in [-0.2, 0) is 6.54 Å². The Labute approximate surface area is 108 Å². The molecule has 1 fully saturated rings. The highest BCUT2D eigenvalue weighted by atomic mass is 35.5. The highest BCUT2D eigenvalue weighted by molar-refractivity contribution is 6.30. The van der Waals surface area contributed by atoms with Gasteiger partial charge < -0.3 is 0 Å². The molecule has 2 rings (SSSR count). The molecule has 0 saturated carbocycles. The number of nitrogens with zero attached hydrogens (tertiary/aromatic N) is 1. The molecule has 0 unspecified atom stereocenters. The lowest BCUT2D eigenvalue weighted by Gasteiger charge is -2.31. The zero-order chi connectivity index (χ0) is 12.5. The van der Waals surface area contributed by atoms with E-state index in [1.54, 1.807) is 12.1 Å². The van der Waals surface area contributed by atoms with Gasteiger partial charge in [0.25, 0.3) is 0 Å².